The number of anilines is 1. The molecule has 5 heteroatoms. The molecule has 1 aromatic carbocycles. The predicted molar refractivity (Wildman–Crippen MR) is 101 cm³/mol. The van der Waals surface area contributed by atoms with Gasteiger partial charge in [-0.2, -0.15) is 0 Å². The van der Waals surface area contributed by atoms with Gasteiger partial charge in [0, 0.05) is 22.5 Å². The Morgan fingerprint density at radius 3 is 2.29 bits per heavy atom. The highest BCUT2D eigenvalue weighted by Crippen LogP contribution is 2.40. The summed E-state index contributed by atoms with van der Waals surface area (Å²) in [6, 6.07) is 10.4. The van der Waals surface area contributed by atoms with Crippen LogP contribution in [0.2, 0.25) is 0 Å². The van der Waals surface area contributed by atoms with E-state index in [4.69, 9.17) is 23.2 Å². The summed E-state index contributed by atoms with van der Waals surface area (Å²) in [6.45, 7) is 0. The molecule has 0 radical (unpaired) electrons. The summed E-state index contributed by atoms with van der Waals surface area (Å²) < 4.78 is 0. The molecule has 0 saturated heterocycles. The quantitative estimate of drug-likeness (QED) is 0.589. The monoisotopic (exact) mass is 368 g/mol. The molecule has 0 N–H and O–H groups in total. The van der Waals surface area contributed by atoms with Crippen LogP contribution in [0.1, 0.15) is 32.1 Å². The van der Waals surface area contributed by atoms with E-state index in [2.05, 4.69) is 19.0 Å². The van der Waals surface area contributed by atoms with E-state index in [0.717, 1.165) is 37.8 Å². The third kappa shape index (κ3) is 3.89. The van der Waals surface area contributed by atoms with Gasteiger partial charge >= 0.3 is 0 Å². The zero-order chi connectivity index (χ0) is 17.3. The number of carbonyl (C=O) groups is 1. The van der Waals surface area contributed by atoms with E-state index in [0.29, 0.717) is 0 Å². The van der Waals surface area contributed by atoms with Gasteiger partial charge in [-0.05, 0) is 58.3 Å². The van der Waals surface area contributed by atoms with Crippen molar-refractivity contribution in [1.29, 1.82) is 0 Å². The van der Waals surface area contributed by atoms with Crippen LogP contribution in [0.25, 0.3) is 0 Å². The largest absolute Gasteiger partial charge is 0.308 e. The lowest BCUT2D eigenvalue weighted by atomic mass is 9.98. The van der Waals surface area contributed by atoms with Gasteiger partial charge in [-0.3, -0.25) is 4.79 Å². The van der Waals surface area contributed by atoms with Crippen LogP contribution in [0.15, 0.2) is 30.3 Å². The molecule has 3 rings (SSSR count). The van der Waals surface area contributed by atoms with E-state index in [9.17, 15) is 4.79 Å². The molecule has 3 nitrogen and oxygen atoms in total. The van der Waals surface area contributed by atoms with E-state index in [-0.39, 0.29) is 34.7 Å². The number of amides is 1. The zero-order valence-corrected chi connectivity index (χ0v) is 15.9. The fraction of sp³-hybridized carbons (Fsp3) is 0.632. The Bertz CT molecular complexity index is 566. The molecule has 5 atom stereocenters. The number of rotatable bonds is 4. The molecule has 1 amide bonds. The third-order valence-electron chi connectivity index (χ3n) is 5.26. The number of hydrogen-bond donors (Lipinski definition) is 0. The van der Waals surface area contributed by atoms with Crippen molar-refractivity contribution >= 4 is 34.8 Å². The van der Waals surface area contributed by atoms with Gasteiger partial charge in [0.05, 0.1) is 12.0 Å². The maximum absolute atomic E-state index is 13.2. The van der Waals surface area contributed by atoms with Crippen LogP contribution in [0.4, 0.5) is 5.69 Å². The van der Waals surface area contributed by atoms with Crippen molar-refractivity contribution in [2.45, 2.75) is 54.9 Å². The lowest BCUT2D eigenvalue weighted by molar-refractivity contribution is -0.120. The number of nitrogens with zero attached hydrogens (tertiary/aromatic N) is 2. The summed E-state index contributed by atoms with van der Waals surface area (Å²) in [6.07, 6.45) is 4.74. The molecule has 0 bridgehead atoms. The van der Waals surface area contributed by atoms with E-state index < -0.39 is 0 Å². The third-order valence-corrected chi connectivity index (χ3v) is 6.13. The number of alkyl halides is 2. The van der Waals surface area contributed by atoms with Gasteiger partial charge < -0.3 is 9.80 Å². The minimum absolute atomic E-state index is 0.00641. The Morgan fingerprint density at radius 2 is 1.71 bits per heavy atom. The minimum Gasteiger partial charge on any atom is -0.308 e. The first-order valence-corrected chi connectivity index (χ1v) is 9.69. The Labute approximate surface area is 154 Å². The first-order chi connectivity index (χ1) is 11.5. The SMILES string of the molecule is CN(C)C1CC(Cl)CCCC1N(C(=O)C1CC1Cl)c1ccccc1. The second-order valence-corrected chi connectivity index (χ2v) is 8.44. The highest BCUT2D eigenvalue weighted by Gasteiger charge is 2.47. The summed E-state index contributed by atoms with van der Waals surface area (Å²) >= 11 is 12.7. The van der Waals surface area contributed by atoms with E-state index in [1.165, 1.54) is 0 Å². The number of carbonyl (C=O) groups excluding carboxylic acids is 1. The van der Waals surface area contributed by atoms with E-state index in [1.54, 1.807) is 0 Å². The highest BCUT2D eigenvalue weighted by atomic mass is 35.5. The second kappa shape index (κ2) is 7.63. The summed E-state index contributed by atoms with van der Waals surface area (Å²) in [5, 5.41) is 0.171. The smallest absolute Gasteiger partial charge is 0.231 e. The number of para-hydroxylation sites is 1. The van der Waals surface area contributed by atoms with Gasteiger partial charge in [-0.15, -0.1) is 23.2 Å². The van der Waals surface area contributed by atoms with Gasteiger partial charge in [0.25, 0.3) is 0 Å². The number of halogens is 2. The van der Waals surface area contributed by atoms with Crippen LogP contribution in [0.5, 0.6) is 0 Å². The molecule has 24 heavy (non-hydrogen) atoms. The molecule has 2 aliphatic carbocycles. The lowest BCUT2D eigenvalue weighted by Gasteiger charge is -2.39. The van der Waals surface area contributed by atoms with Crippen molar-refractivity contribution in [3.8, 4) is 0 Å². The van der Waals surface area contributed by atoms with Crippen LogP contribution in [-0.2, 0) is 4.79 Å². The average Bonchev–Trinajstić information content (AvgIpc) is 3.31. The van der Waals surface area contributed by atoms with Gasteiger partial charge in [0.2, 0.25) is 5.91 Å². The maximum Gasteiger partial charge on any atom is 0.231 e. The molecule has 0 aliphatic heterocycles. The van der Waals surface area contributed by atoms with Gasteiger partial charge in [-0.1, -0.05) is 18.2 Å². The molecular formula is C19H26Cl2N2O. The molecule has 1 aromatic rings. The fourth-order valence-corrected chi connectivity index (χ4v) is 4.44. The minimum atomic E-state index is -0.0373. The molecule has 2 saturated carbocycles. The Morgan fingerprint density at radius 1 is 1.04 bits per heavy atom. The first-order valence-electron chi connectivity index (χ1n) is 8.81. The normalized spacial score (nSPS) is 33.1. The molecule has 0 spiro atoms. The van der Waals surface area contributed by atoms with Crippen molar-refractivity contribution in [3.05, 3.63) is 30.3 Å². The lowest BCUT2D eigenvalue weighted by Crippen LogP contribution is -2.53. The second-order valence-electron chi connectivity index (χ2n) is 7.26. The Hall–Kier alpha value is -0.770. The van der Waals surface area contributed by atoms with Crippen molar-refractivity contribution in [2.24, 2.45) is 5.92 Å². The Kier molecular flexibility index (Phi) is 5.74. The standard InChI is InChI=1S/C19H26Cl2N2O/c1-22(2)18-11-13(20)7-6-10-17(18)23(14-8-4-3-5-9-14)19(24)15-12-16(15)21/h3-5,8-9,13,15-18H,6-7,10-12H2,1-2H3. The summed E-state index contributed by atoms with van der Waals surface area (Å²) in [5.41, 5.74) is 0.975. The van der Waals surface area contributed by atoms with Gasteiger partial charge in [0.15, 0.2) is 0 Å². The molecular weight excluding hydrogens is 343 g/mol. The highest BCUT2D eigenvalue weighted by molar-refractivity contribution is 6.25. The molecule has 0 heterocycles. The first kappa shape index (κ1) is 18.0. The topological polar surface area (TPSA) is 23.6 Å². The van der Waals surface area contributed by atoms with Gasteiger partial charge in [0.1, 0.15) is 0 Å². The van der Waals surface area contributed by atoms with Crippen molar-refractivity contribution in [3.63, 3.8) is 0 Å². The molecule has 2 fully saturated rings. The fourth-order valence-electron chi connectivity index (χ4n) is 3.80. The summed E-state index contributed by atoms with van der Waals surface area (Å²) in [5.74, 6) is 0.135. The molecule has 5 unspecified atom stereocenters. The number of benzene rings is 1. The molecule has 2 aliphatic rings. The van der Waals surface area contributed by atoms with Crippen molar-refractivity contribution < 1.29 is 4.79 Å². The molecule has 132 valence electrons. The van der Waals surface area contributed by atoms with Crippen LogP contribution < -0.4 is 4.90 Å². The van der Waals surface area contributed by atoms with Crippen molar-refractivity contribution in [2.75, 3.05) is 19.0 Å². The van der Waals surface area contributed by atoms with Crippen LogP contribution in [0, 0.1) is 5.92 Å². The van der Waals surface area contributed by atoms with E-state index >= 15 is 0 Å². The average molecular weight is 369 g/mol. The Balaban J connectivity index is 1.94. The van der Waals surface area contributed by atoms with E-state index in [1.807, 2.05) is 35.2 Å². The number of likely N-dealkylation sites (N-methyl/N-ethyl adjacent to an activating group) is 1. The van der Waals surface area contributed by atoms with Crippen molar-refractivity contribution in [1.82, 2.24) is 4.90 Å². The van der Waals surface area contributed by atoms with Crippen LogP contribution in [0.3, 0.4) is 0 Å². The summed E-state index contributed by atoms with van der Waals surface area (Å²) in [7, 11) is 4.17. The number of hydrogen-bond acceptors (Lipinski definition) is 2. The molecule has 0 aromatic heterocycles. The summed E-state index contributed by atoms with van der Waals surface area (Å²) in [4.78, 5) is 17.4. The predicted octanol–water partition coefficient (Wildman–Crippen LogP) is 4.13. The zero-order valence-electron chi connectivity index (χ0n) is 14.4. The van der Waals surface area contributed by atoms with Crippen LogP contribution >= 0.6 is 23.2 Å². The van der Waals surface area contributed by atoms with Gasteiger partial charge in [-0.25, -0.2) is 0 Å². The maximum atomic E-state index is 13.2. The van der Waals surface area contributed by atoms with Crippen LogP contribution in [-0.4, -0.2) is 47.7 Å².